The summed E-state index contributed by atoms with van der Waals surface area (Å²) in [7, 11) is 0. The molecule has 0 rings (SSSR count). The van der Waals surface area contributed by atoms with Gasteiger partial charge in [0.25, 0.3) is 0 Å². The third-order valence-corrected chi connectivity index (χ3v) is 6.99. The molecule has 37 heavy (non-hydrogen) atoms. The first-order valence-corrected chi connectivity index (χ1v) is 16.0. The van der Waals surface area contributed by atoms with Gasteiger partial charge < -0.3 is 10.2 Å². The van der Waals surface area contributed by atoms with E-state index in [4.69, 9.17) is 10.2 Å². The topological polar surface area (TPSA) is 74.6 Å². The first-order chi connectivity index (χ1) is 17.5. The molecule has 0 saturated carbocycles. The van der Waals surface area contributed by atoms with Gasteiger partial charge in [-0.3, -0.25) is 9.59 Å². The molecule has 0 aliphatic rings. The van der Waals surface area contributed by atoms with E-state index in [0.29, 0.717) is 12.8 Å². The minimum absolute atomic E-state index is 0. The van der Waals surface area contributed by atoms with Gasteiger partial charge in [-0.1, -0.05) is 168 Å². The second-order valence-corrected chi connectivity index (χ2v) is 10.8. The van der Waals surface area contributed by atoms with Crippen molar-refractivity contribution >= 4 is 49.7 Å². The van der Waals surface area contributed by atoms with Crippen molar-refractivity contribution in [1.29, 1.82) is 0 Å². The van der Waals surface area contributed by atoms with Crippen molar-refractivity contribution in [3.8, 4) is 0 Å². The fraction of sp³-hybridized carbons (Fsp3) is 0.938. The van der Waals surface area contributed by atoms with Gasteiger partial charge in [-0.2, -0.15) is 0 Å². The van der Waals surface area contributed by atoms with E-state index in [9.17, 15) is 9.59 Å². The van der Waals surface area contributed by atoms with Crippen LogP contribution in [0.4, 0.5) is 0 Å². The number of aliphatic carboxylic acids is 2. The minimum atomic E-state index is -0.655. The molecule has 2 radical (unpaired) electrons. The Morgan fingerprint density at radius 2 is 0.514 bits per heavy atom. The van der Waals surface area contributed by atoms with Crippen LogP contribution in [0.1, 0.15) is 194 Å². The Hall–Kier alpha value is 0.200. The molecule has 5 heteroatoms. The molecular weight excluding hydrogens is 488 g/mol. The minimum Gasteiger partial charge on any atom is -0.481 e. The Kier molecular flexibility index (Phi) is 43.2. The SMILES string of the molecule is CCCCCCCCCCCCCCCC(=O)O.CCCCCCCCCCCCCCCC(=O)O.[Ca]. The van der Waals surface area contributed by atoms with E-state index in [1.807, 2.05) is 0 Å². The third-order valence-electron chi connectivity index (χ3n) is 6.99. The normalized spacial score (nSPS) is 10.4. The van der Waals surface area contributed by atoms with Crippen molar-refractivity contribution in [2.75, 3.05) is 0 Å². The molecule has 0 bridgehead atoms. The van der Waals surface area contributed by atoms with Crippen LogP contribution >= 0.6 is 0 Å². The molecule has 0 aliphatic carbocycles. The van der Waals surface area contributed by atoms with Crippen LogP contribution < -0.4 is 0 Å². The maximum absolute atomic E-state index is 10.3. The third kappa shape index (κ3) is 46.4. The van der Waals surface area contributed by atoms with E-state index >= 15 is 0 Å². The molecule has 0 aliphatic heterocycles. The van der Waals surface area contributed by atoms with Crippen LogP contribution in [0.25, 0.3) is 0 Å². The van der Waals surface area contributed by atoms with E-state index < -0.39 is 11.9 Å². The fourth-order valence-electron chi connectivity index (χ4n) is 4.59. The summed E-state index contributed by atoms with van der Waals surface area (Å²) in [5.41, 5.74) is 0. The Morgan fingerprint density at radius 1 is 0.351 bits per heavy atom. The van der Waals surface area contributed by atoms with Crippen molar-refractivity contribution < 1.29 is 19.8 Å². The van der Waals surface area contributed by atoms with Gasteiger partial charge in [0.1, 0.15) is 0 Å². The van der Waals surface area contributed by atoms with Crippen LogP contribution in [0.3, 0.4) is 0 Å². The number of carboxylic acids is 2. The predicted octanol–water partition coefficient (Wildman–Crippen LogP) is 10.7. The fourth-order valence-corrected chi connectivity index (χ4v) is 4.59. The summed E-state index contributed by atoms with van der Waals surface area (Å²) in [4.78, 5) is 20.6. The average Bonchev–Trinajstić information content (AvgIpc) is 2.85. The molecule has 2 N–H and O–H groups in total. The van der Waals surface area contributed by atoms with E-state index in [0.717, 1.165) is 25.7 Å². The summed E-state index contributed by atoms with van der Waals surface area (Å²) in [5, 5.41) is 17.0. The Balaban J connectivity index is -0.000000608. The van der Waals surface area contributed by atoms with Crippen LogP contribution in [-0.2, 0) is 9.59 Å². The molecule has 0 spiro atoms. The summed E-state index contributed by atoms with van der Waals surface area (Å²) in [5.74, 6) is -1.31. The summed E-state index contributed by atoms with van der Waals surface area (Å²) in [6.45, 7) is 4.52. The van der Waals surface area contributed by atoms with Crippen LogP contribution in [-0.4, -0.2) is 59.9 Å². The van der Waals surface area contributed by atoms with Gasteiger partial charge in [-0.15, -0.1) is 0 Å². The zero-order valence-electron chi connectivity index (χ0n) is 25.2. The van der Waals surface area contributed by atoms with E-state index in [1.165, 1.54) is 141 Å². The Morgan fingerprint density at radius 3 is 0.676 bits per heavy atom. The number of rotatable bonds is 28. The first kappa shape index (κ1) is 41.7. The van der Waals surface area contributed by atoms with Crippen LogP contribution in [0.2, 0.25) is 0 Å². The van der Waals surface area contributed by atoms with Gasteiger partial charge in [-0.05, 0) is 12.8 Å². The molecular formula is C32H64CaO4. The summed E-state index contributed by atoms with van der Waals surface area (Å²) in [6.07, 6.45) is 34.5. The van der Waals surface area contributed by atoms with Crippen LogP contribution in [0.5, 0.6) is 0 Å². The number of unbranched alkanes of at least 4 members (excludes halogenated alkanes) is 24. The average molecular weight is 553 g/mol. The first-order valence-electron chi connectivity index (χ1n) is 16.0. The van der Waals surface area contributed by atoms with Crippen LogP contribution in [0, 0.1) is 0 Å². The molecule has 0 unspecified atom stereocenters. The quantitative estimate of drug-likeness (QED) is 0.0747. The second kappa shape index (κ2) is 38.3. The van der Waals surface area contributed by atoms with Gasteiger partial charge in [0.2, 0.25) is 0 Å². The maximum atomic E-state index is 10.3. The van der Waals surface area contributed by atoms with E-state index in [1.54, 1.807) is 0 Å². The van der Waals surface area contributed by atoms with Gasteiger partial charge in [0, 0.05) is 50.6 Å². The Labute approximate surface area is 261 Å². The van der Waals surface area contributed by atoms with Crippen molar-refractivity contribution in [3.63, 3.8) is 0 Å². The van der Waals surface area contributed by atoms with Crippen molar-refractivity contribution in [1.82, 2.24) is 0 Å². The Bertz CT molecular complexity index is 403. The number of hydrogen-bond acceptors (Lipinski definition) is 2. The molecule has 0 aromatic heterocycles. The van der Waals surface area contributed by atoms with E-state index in [-0.39, 0.29) is 37.7 Å². The molecule has 0 atom stereocenters. The van der Waals surface area contributed by atoms with E-state index in [2.05, 4.69) is 13.8 Å². The van der Waals surface area contributed by atoms with Crippen molar-refractivity contribution in [3.05, 3.63) is 0 Å². The van der Waals surface area contributed by atoms with Gasteiger partial charge in [-0.25, -0.2) is 0 Å². The van der Waals surface area contributed by atoms with Gasteiger partial charge in [0.05, 0.1) is 0 Å². The second-order valence-electron chi connectivity index (χ2n) is 10.8. The summed E-state index contributed by atoms with van der Waals surface area (Å²) in [6, 6.07) is 0. The molecule has 218 valence electrons. The van der Waals surface area contributed by atoms with Gasteiger partial charge in [0.15, 0.2) is 0 Å². The van der Waals surface area contributed by atoms with Crippen LogP contribution in [0.15, 0.2) is 0 Å². The molecule has 0 amide bonds. The predicted molar refractivity (Wildman–Crippen MR) is 162 cm³/mol. The number of carboxylic acid groups (broad SMARTS) is 2. The largest absolute Gasteiger partial charge is 0.481 e. The molecule has 0 saturated heterocycles. The monoisotopic (exact) mass is 552 g/mol. The molecule has 0 heterocycles. The van der Waals surface area contributed by atoms with Crippen molar-refractivity contribution in [2.45, 2.75) is 194 Å². The molecule has 4 nitrogen and oxygen atoms in total. The zero-order valence-corrected chi connectivity index (χ0v) is 27.4. The number of carbonyl (C=O) groups is 2. The maximum Gasteiger partial charge on any atom is 0.303 e. The smallest absolute Gasteiger partial charge is 0.303 e. The standard InChI is InChI=1S/2C16H32O2.Ca/c2*1-2-3-4-5-6-7-8-9-10-11-12-13-14-15-16(17)18;/h2*2-15H2,1H3,(H,17,18);. The van der Waals surface area contributed by atoms with Crippen molar-refractivity contribution in [2.24, 2.45) is 0 Å². The molecule has 0 aromatic rings. The number of hydrogen-bond donors (Lipinski definition) is 2. The zero-order chi connectivity index (χ0) is 27.0. The summed E-state index contributed by atoms with van der Waals surface area (Å²) < 4.78 is 0. The molecule has 0 aromatic carbocycles. The van der Waals surface area contributed by atoms with Gasteiger partial charge >= 0.3 is 11.9 Å². The summed E-state index contributed by atoms with van der Waals surface area (Å²) >= 11 is 0. The molecule has 0 fully saturated rings.